The molecule has 2 aliphatic heterocycles. The molecule has 3 unspecified atom stereocenters. The Kier molecular flexibility index (Phi) is 4.71. The Morgan fingerprint density at radius 1 is 1.23 bits per heavy atom. The molecule has 6 nitrogen and oxygen atoms in total. The summed E-state index contributed by atoms with van der Waals surface area (Å²) >= 11 is 0. The normalized spacial score (nSPS) is 30.0. The lowest BCUT2D eigenvalue weighted by molar-refractivity contribution is -0.145. The van der Waals surface area contributed by atoms with Gasteiger partial charge in [-0.3, -0.25) is 14.8 Å². The second kappa shape index (κ2) is 7.00. The summed E-state index contributed by atoms with van der Waals surface area (Å²) in [7, 11) is 0. The van der Waals surface area contributed by atoms with Crippen LogP contribution in [0.1, 0.15) is 43.6 Å². The maximum absolute atomic E-state index is 13.2. The molecule has 3 fully saturated rings. The lowest BCUT2D eigenvalue weighted by Gasteiger charge is -2.40. The van der Waals surface area contributed by atoms with Crippen molar-refractivity contribution >= 4 is 11.8 Å². The zero-order valence-electron chi connectivity index (χ0n) is 15.0. The first-order valence-electron chi connectivity index (χ1n) is 9.63. The number of likely N-dealkylation sites (tertiary alicyclic amines) is 1. The number of hydrogen-bond donors (Lipinski definition) is 3. The summed E-state index contributed by atoms with van der Waals surface area (Å²) in [5.41, 5.74) is 3.20. The summed E-state index contributed by atoms with van der Waals surface area (Å²) in [5.74, 6) is -0.605. The van der Waals surface area contributed by atoms with Crippen LogP contribution in [0.5, 0.6) is 0 Å². The minimum Gasteiger partial charge on any atom is -0.341 e. The van der Waals surface area contributed by atoms with E-state index in [1.165, 1.54) is 5.56 Å². The van der Waals surface area contributed by atoms with Crippen molar-refractivity contribution in [3.05, 3.63) is 35.9 Å². The summed E-state index contributed by atoms with van der Waals surface area (Å²) in [6, 6.07) is 9.79. The first-order valence-corrected chi connectivity index (χ1v) is 9.63. The van der Waals surface area contributed by atoms with Crippen LogP contribution >= 0.6 is 0 Å². The largest absolute Gasteiger partial charge is 0.341 e. The quantitative estimate of drug-likeness (QED) is 0.568. The van der Waals surface area contributed by atoms with Crippen LogP contribution in [0, 0.1) is 11.3 Å². The number of hydroxylamine groups is 1. The number of hydrogen-bond acceptors (Lipinski definition) is 4. The van der Waals surface area contributed by atoms with E-state index in [-0.39, 0.29) is 11.3 Å². The van der Waals surface area contributed by atoms with E-state index < -0.39 is 17.9 Å². The fourth-order valence-corrected chi connectivity index (χ4v) is 4.64. The molecule has 1 aromatic carbocycles. The molecular weight excluding hydrogens is 330 g/mol. The third kappa shape index (κ3) is 3.35. The second-order valence-electron chi connectivity index (χ2n) is 8.18. The van der Waals surface area contributed by atoms with Crippen molar-refractivity contribution in [1.29, 1.82) is 0 Å². The monoisotopic (exact) mass is 357 g/mol. The first-order chi connectivity index (χ1) is 12.6. The summed E-state index contributed by atoms with van der Waals surface area (Å²) in [6.07, 6.45) is 4.92. The molecule has 1 aliphatic carbocycles. The Balaban J connectivity index is 1.47. The molecule has 2 saturated heterocycles. The Hall–Kier alpha value is -1.92. The van der Waals surface area contributed by atoms with E-state index >= 15 is 0 Å². The fourth-order valence-electron chi connectivity index (χ4n) is 4.64. The zero-order valence-corrected chi connectivity index (χ0v) is 15.0. The molecule has 1 spiro atoms. The van der Waals surface area contributed by atoms with Crippen molar-refractivity contribution in [3.63, 3.8) is 0 Å². The molecule has 3 N–H and O–H groups in total. The molecule has 2 heterocycles. The molecular formula is C20H27N3O3. The molecule has 3 atom stereocenters. The van der Waals surface area contributed by atoms with Gasteiger partial charge >= 0.3 is 0 Å². The molecule has 4 rings (SSSR count). The SMILES string of the molecule is O=C(NO)C1CC2(CC2)CNC1C(=O)N1CCCC(c2ccccc2)C1. The van der Waals surface area contributed by atoms with Crippen LogP contribution in [-0.2, 0) is 9.59 Å². The average molecular weight is 357 g/mol. The van der Waals surface area contributed by atoms with Gasteiger partial charge in [0, 0.05) is 25.6 Å². The van der Waals surface area contributed by atoms with E-state index in [1.807, 2.05) is 23.1 Å². The third-order valence-corrected chi connectivity index (χ3v) is 6.43. The van der Waals surface area contributed by atoms with Crippen molar-refractivity contribution < 1.29 is 14.8 Å². The number of carbonyl (C=O) groups excluding carboxylic acids is 2. The molecule has 0 radical (unpaired) electrons. The minimum absolute atomic E-state index is 0.00488. The van der Waals surface area contributed by atoms with Gasteiger partial charge in [0.25, 0.3) is 0 Å². The average Bonchev–Trinajstić information content (AvgIpc) is 3.46. The van der Waals surface area contributed by atoms with E-state index in [2.05, 4.69) is 17.4 Å². The molecule has 6 heteroatoms. The summed E-state index contributed by atoms with van der Waals surface area (Å²) in [6.45, 7) is 2.22. The van der Waals surface area contributed by atoms with Crippen LogP contribution in [0.2, 0.25) is 0 Å². The highest BCUT2D eigenvalue weighted by Gasteiger charge is 2.52. The Morgan fingerprint density at radius 3 is 2.69 bits per heavy atom. The molecule has 0 bridgehead atoms. The number of nitrogens with one attached hydrogen (secondary N) is 2. The number of nitrogens with zero attached hydrogens (tertiary/aromatic N) is 1. The molecule has 0 aromatic heterocycles. The first kappa shape index (κ1) is 17.5. The number of piperidine rings is 2. The van der Waals surface area contributed by atoms with Gasteiger partial charge in [-0.05, 0) is 43.1 Å². The molecule has 2 amide bonds. The Labute approximate surface area is 153 Å². The lowest BCUT2D eigenvalue weighted by Crippen LogP contribution is -2.59. The number of amides is 2. The number of rotatable bonds is 3. The zero-order chi connectivity index (χ0) is 18.1. The van der Waals surface area contributed by atoms with Crippen molar-refractivity contribution in [2.24, 2.45) is 11.3 Å². The van der Waals surface area contributed by atoms with Gasteiger partial charge in [-0.2, -0.15) is 0 Å². The number of benzene rings is 1. The van der Waals surface area contributed by atoms with Crippen LogP contribution in [0.15, 0.2) is 30.3 Å². The van der Waals surface area contributed by atoms with Crippen molar-refractivity contribution in [3.8, 4) is 0 Å². The van der Waals surface area contributed by atoms with E-state index in [1.54, 1.807) is 5.48 Å². The highest BCUT2D eigenvalue weighted by atomic mass is 16.5. The fraction of sp³-hybridized carbons (Fsp3) is 0.600. The standard InChI is InChI=1S/C20H27N3O3/c24-18(22-26)16-11-20(8-9-20)13-21-17(16)19(25)23-10-4-7-15(12-23)14-5-2-1-3-6-14/h1-3,5-6,15-17,21,26H,4,7-13H2,(H,22,24). The van der Waals surface area contributed by atoms with E-state index in [0.29, 0.717) is 18.9 Å². The molecule has 1 aromatic rings. The van der Waals surface area contributed by atoms with Crippen LogP contribution in [0.4, 0.5) is 0 Å². The van der Waals surface area contributed by atoms with E-state index in [9.17, 15) is 9.59 Å². The maximum atomic E-state index is 13.2. The third-order valence-electron chi connectivity index (χ3n) is 6.43. The summed E-state index contributed by atoms with van der Waals surface area (Å²) < 4.78 is 0. The molecule has 1 saturated carbocycles. The van der Waals surface area contributed by atoms with Crippen LogP contribution < -0.4 is 10.8 Å². The van der Waals surface area contributed by atoms with Gasteiger partial charge in [0.2, 0.25) is 11.8 Å². The van der Waals surface area contributed by atoms with Gasteiger partial charge in [0.1, 0.15) is 0 Å². The van der Waals surface area contributed by atoms with Gasteiger partial charge in [-0.1, -0.05) is 30.3 Å². The lowest BCUT2D eigenvalue weighted by atomic mass is 9.81. The predicted molar refractivity (Wildman–Crippen MR) is 96.5 cm³/mol. The van der Waals surface area contributed by atoms with E-state index in [0.717, 1.165) is 38.8 Å². The minimum atomic E-state index is -0.539. The second-order valence-corrected chi connectivity index (χ2v) is 8.18. The predicted octanol–water partition coefficient (Wildman–Crippen LogP) is 1.66. The smallest absolute Gasteiger partial charge is 0.248 e. The van der Waals surface area contributed by atoms with Crippen LogP contribution in [0.3, 0.4) is 0 Å². The Morgan fingerprint density at radius 2 is 2.00 bits per heavy atom. The van der Waals surface area contributed by atoms with E-state index in [4.69, 9.17) is 5.21 Å². The van der Waals surface area contributed by atoms with Gasteiger partial charge in [0.05, 0.1) is 12.0 Å². The highest BCUT2D eigenvalue weighted by molar-refractivity contribution is 5.90. The van der Waals surface area contributed by atoms with Gasteiger partial charge in [-0.15, -0.1) is 0 Å². The van der Waals surface area contributed by atoms with Crippen molar-refractivity contribution in [1.82, 2.24) is 15.7 Å². The van der Waals surface area contributed by atoms with Crippen molar-refractivity contribution in [2.45, 2.75) is 44.1 Å². The molecule has 26 heavy (non-hydrogen) atoms. The van der Waals surface area contributed by atoms with Crippen LogP contribution in [0.25, 0.3) is 0 Å². The van der Waals surface area contributed by atoms with Crippen LogP contribution in [-0.4, -0.2) is 47.6 Å². The van der Waals surface area contributed by atoms with Gasteiger partial charge < -0.3 is 10.2 Å². The number of carbonyl (C=O) groups is 2. The Bertz CT molecular complexity index is 674. The van der Waals surface area contributed by atoms with Gasteiger partial charge in [-0.25, -0.2) is 5.48 Å². The molecule has 3 aliphatic rings. The topological polar surface area (TPSA) is 81.7 Å². The maximum Gasteiger partial charge on any atom is 0.248 e. The molecule has 140 valence electrons. The van der Waals surface area contributed by atoms with Gasteiger partial charge in [0.15, 0.2) is 0 Å². The highest BCUT2D eigenvalue weighted by Crippen LogP contribution is 2.52. The summed E-state index contributed by atoms with van der Waals surface area (Å²) in [5, 5.41) is 12.5. The summed E-state index contributed by atoms with van der Waals surface area (Å²) in [4.78, 5) is 27.3. The van der Waals surface area contributed by atoms with Crippen molar-refractivity contribution in [2.75, 3.05) is 19.6 Å².